The number of fused-ring (bicyclic) bond motifs is 1. The molecule has 0 aromatic carbocycles. The highest BCUT2D eigenvalue weighted by molar-refractivity contribution is 7.16. The third-order valence-electron chi connectivity index (χ3n) is 2.91. The molecule has 0 aliphatic carbocycles. The van der Waals surface area contributed by atoms with Gasteiger partial charge in [0, 0.05) is 19.5 Å². The van der Waals surface area contributed by atoms with Crippen LogP contribution in [0.2, 0.25) is 0 Å². The molecule has 3 aromatic rings. The summed E-state index contributed by atoms with van der Waals surface area (Å²) in [7, 11) is 0. The average Bonchev–Trinajstić information content (AvgIpc) is 3.15. The second-order valence-electron chi connectivity index (χ2n) is 4.49. The molecular formula is C13H16N6OS. The minimum atomic E-state index is 0.661. The van der Waals surface area contributed by atoms with Gasteiger partial charge in [-0.1, -0.05) is 12.1 Å². The number of rotatable bonds is 7. The van der Waals surface area contributed by atoms with E-state index in [-0.39, 0.29) is 0 Å². The Labute approximate surface area is 125 Å². The number of anilines is 2. The van der Waals surface area contributed by atoms with Gasteiger partial charge in [-0.2, -0.15) is 9.97 Å². The van der Waals surface area contributed by atoms with Crippen molar-refractivity contribution in [3.8, 4) is 0 Å². The Morgan fingerprint density at radius 1 is 1.24 bits per heavy atom. The number of hydrogen-bond acceptors (Lipinski definition) is 8. The van der Waals surface area contributed by atoms with Crippen molar-refractivity contribution in [2.45, 2.75) is 19.8 Å². The van der Waals surface area contributed by atoms with Crippen molar-refractivity contribution >= 4 is 33.3 Å². The average molecular weight is 304 g/mol. The maximum absolute atomic E-state index is 4.72. The van der Waals surface area contributed by atoms with Gasteiger partial charge in [0.1, 0.15) is 10.6 Å². The highest BCUT2D eigenvalue weighted by atomic mass is 32.1. The highest BCUT2D eigenvalue weighted by Gasteiger charge is 2.08. The Bertz CT molecular complexity index is 696. The van der Waals surface area contributed by atoms with Crippen molar-refractivity contribution in [2.75, 3.05) is 23.7 Å². The Kier molecular flexibility index (Phi) is 4.25. The van der Waals surface area contributed by atoms with E-state index in [1.165, 1.54) is 6.39 Å². The third kappa shape index (κ3) is 3.27. The SMILES string of the molecule is CCCNc1nc(NCCc2ncon2)c2ccsc2n1. The summed E-state index contributed by atoms with van der Waals surface area (Å²) in [6.07, 6.45) is 3.06. The van der Waals surface area contributed by atoms with Crippen molar-refractivity contribution in [1.82, 2.24) is 20.1 Å². The standard InChI is InChI=1S/C13H16N6OS/c1-2-5-15-13-17-11(9-4-7-21-12(9)18-13)14-6-3-10-16-8-20-19-10/h4,7-8H,2-3,5-6H2,1H3,(H2,14,15,17,18). The zero-order chi connectivity index (χ0) is 14.5. The van der Waals surface area contributed by atoms with Crippen molar-refractivity contribution < 1.29 is 4.52 Å². The number of hydrogen-bond donors (Lipinski definition) is 2. The van der Waals surface area contributed by atoms with Gasteiger partial charge in [-0.25, -0.2) is 4.98 Å². The summed E-state index contributed by atoms with van der Waals surface area (Å²) in [5, 5.41) is 13.4. The summed E-state index contributed by atoms with van der Waals surface area (Å²) in [6.45, 7) is 3.66. The lowest BCUT2D eigenvalue weighted by Crippen LogP contribution is -2.10. The first-order valence-electron chi connectivity index (χ1n) is 6.85. The van der Waals surface area contributed by atoms with Crippen LogP contribution in [0.3, 0.4) is 0 Å². The molecule has 0 radical (unpaired) electrons. The molecule has 0 aliphatic heterocycles. The third-order valence-corrected chi connectivity index (χ3v) is 3.71. The summed E-state index contributed by atoms with van der Waals surface area (Å²) < 4.78 is 4.72. The van der Waals surface area contributed by atoms with Crippen LogP contribution in [-0.4, -0.2) is 33.2 Å². The molecule has 8 heteroatoms. The summed E-state index contributed by atoms with van der Waals surface area (Å²) in [4.78, 5) is 14.0. The topological polar surface area (TPSA) is 88.8 Å². The molecule has 0 saturated heterocycles. The van der Waals surface area contributed by atoms with E-state index >= 15 is 0 Å². The number of nitrogens with one attached hydrogen (secondary N) is 2. The van der Waals surface area contributed by atoms with Gasteiger partial charge in [0.05, 0.1) is 5.39 Å². The van der Waals surface area contributed by atoms with E-state index in [4.69, 9.17) is 4.52 Å². The lowest BCUT2D eigenvalue weighted by Gasteiger charge is -2.08. The first-order chi connectivity index (χ1) is 10.4. The molecule has 7 nitrogen and oxygen atoms in total. The van der Waals surface area contributed by atoms with E-state index in [0.717, 1.165) is 29.0 Å². The van der Waals surface area contributed by atoms with E-state index < -0.39 is 0 Å². The van der Waals surface area contributed by atoms with E-state index in [9.17, 15) is 0 Å². The van der Waals surface area contributed by atoms with Crippen LogP contribution in [0.15, 0.2) is 22.4 Å². The largest absolute Gasteiger partial charge is 0.369 e. The van der Waals surface area contributed by atoms with Crippen LogP contribution < -0.4 is 10.6 Å². The molecule has 0 unspecified atom stereocenters. The van der Waals surface area contributed by atoms with Crippen LogP contribution in [0.1, 0.15) is 19.2 Å². The summed E-state index contributed by atoms with van der Waals surface area (Å²) in [6, 6.07) is 2.03. The molecule has 3 heterocycles. The fourth-order valence-corrected chi connectivity index (χ4v) is 2.67. The lowest BCUT2D eigenvalue weighted by atomic mass is 10.3. The fourth-order valence-electron chi connectivity index (χ4n) is 1.90. The predicted octanol–water partition coefficient (Wildman–Crippen LogP) is 2.55. The van der Waals surface area contributed by atoms with Crippen LogP contribution in [0, 0.1) is 0 Å². The molecule has 3 rings (SSSR count). The molecule has 3 aromatic heterocycles. The highest BCUT2D eigenvalue weighted by Crippen LogP contribution is 2.26. The van der Waals surface area contributed by atoms with Gasteiger partial charge < -0.3 is 15.2 Å². The molecule has 110 valence electrons. The molecule has 2 N–H and O–H groups in total. The van der Waals surface area contributed by atoms with Gasteiger partial charge in [-0.15, -0.1) is 11.3 Å². The van der Waals surface area contributed by atoms with Gasteiger partial charge in [0.25, 0.3) is 0 Å². The van der Waals surface area contributed by atoms with Gasteiger partial charge in [0.2, 0.25) is 12.3 Å². The fraction of sp³-hybridized carbons (Fsp3) is 0.385. The first kappa shape index (κ1) is 13.7. The lowest BCUT2D eigenvalue weighted by molar-refractivity contribution is 0.410. The molecule has 21 heavy (non-hydrogen) atoms. The maximum Gasteiger partial charge on any atom is 0.226 e. The van der Waals surface area contributed by atoms with Crippen molar-refractivity contribution in [1.29, 1.82) is 0 Å². The number of aromatic nitrogens is 4. The molecule has 0 amide bonds. The van der Waals surface area contributed by atoms with Crippen LogP contribution in [0.25, 0.3) is 10.2 Å². The summed E-state index contributed by atoms with van der Waals surface area (Å²) in [5.41, 5.74) is 0. The van der Waals surface area contributed by atoms with Gasteiger partial charge in [-0.05, 0) is 17.9 Å². The molecular weight excluding hydrogens is 288 g/mol. The molecule has 0 bridgehead atoms. The molecule has 0 spiro atoms. The normalized spacial score (nSPS) is 10.9. The van der Waals surface area contributed by atoms with Crippen LogP contribution in [0.5, 0.6) is 0 Å². The van der Waals surface area contributed by atoms with Crippen molar-refractivity contribution in [3.63, 3.8) is 0 Å². The van der Waals surface area contributed by atoms with E-state index in [1.807, 2.05) is 11.4 Å². The van der Waals surface area contributed by atoms with Gasteiger partial charge >= 0.3 is 0 Å². The first-order valence-corrected chi connectivity index (χ1v) is 7.73. The van der Waals surface area contributed by atoms with Crippen molar-refractivity contribution in [2.24, 2.45) is 0 Å². The Hall–Kier alpha value is -2.22. The molecule has 0 fully saturated rings. The van der Waals surface area contributed by atoms with Crippen molar-refractivity contribution in [3.05, 3.63) is 23.7 Å². The quantitative estimate of drug-likeness (QED) is 0.693. The van der Waals surface area contributed by atoms with E-state index in [0.29, 0.717) is 24.7 Å². The zero-order valence-corrected chi connectivity index (χ0v) is 12.5. The predicted molar refractivity (Wildman–Crippen MR) is 82.7 cm³/mol. The molecule has 0 saturated carbocycles. The number of thiophene rings is 1. The van der Waals surface area contributed by atoms with Gasteiger partial charge in [-0.3, -0.25) is 0 Å². The summed E-state index contributed by atoms with van der Waals surface area (Å²) in [5.74, 6) is 2.18. The van der Waals surface area contributed by atoms with Crippen LogP contribution in [0.4, 0.5) is 11.8 Å². The zero-order valence-electron chi connectivity index (χ0n) is 11.7. The minimum absolute atomic E-state index is 0.661. The van der Waals surface area contributed by atoms with E-state index in [1.54, 1.807) is 11.3 Å². The monoisotopic (exact) mass is 304 g/mol. The smallest absolute Gasteiger partial charge is 0.226 e. The van der Waals surface area contributed by atoms with Crippen LogP contribution in [-0.2, 0) is 6.42 Å². The van der Waals surface area contributed by atoms with Crippen LogP contribution >= 0.6 is 11.3 Å². The maximum atomic E-state index is 4.72. The Balaban J connectivity index is 1.74. The Morgan fingerprint density at radius 3 is 3.00 bits per heavy atom. The molecule has 0 atom stereocenters. The van der Waals surface area contributed by atoms with E-state index in [2.05, 4.69) is 37.7 Å². The second kappa shape index (κ2) is 6.49. The van der Waals surface area contributed by atoms with Gasteiger partial charge in [0.15, 0.2) is 5.82 Å². The molecule has 0 aliphatic rings. The summed E-state index contributed by atoms with van der Waals surface area (Å²) >= 11 is 1.61. The second-order valence-corrected chi connectivity index (χ2v) is 5.38. The number of nitrogens with zero attached hydrogens (tertiary/aromatic N) is 4. The minimum Gasteiger partial charge on any atom is -0.369 e. The Morgan fingerprint density at radius 2 is 2.19 bits per heavy atom.